The number of rotatable bonds is 5. The van der Waals surface area contributed by atoms with Gasteiger partial charge in [-0.25, -0.2) is 0 Å². The van der Waals surface area contributed by atoms with Gasteiger partial charge in [-0.2, -0.15) is 0 Å². The lowest BCUT2D eigenvalue weighted by Gasteiger charge is -2.20. The number of aromatic nitrogens is 1. The Morgan fingerprint density at radius 3 is 2.48 bits per heavy atom. The molecular weight excluding hydrogens is 286 g/mol. The van der Waals surface area contributed by atoms with Gasteiger partial charge in [0.25, 0.3) is 6.47 Å². The van der Waals surface area contributed by atoms with Gasteiger partial charge in [0.2, 0.25) is 0 Å². The second-order valence-electron chi connectivity index (χ2n) is 4.78. The van der Waals surface area contributed by atoms with Crippen molar-refractivity contribution in [2.24, 2.45) is 0 Å². The van der Waals surface area contributed by atoms with Gasteiger partial charge in [-0.1, -0.05) is 48.5 Å². The molecule has 0 fully saturated rings. The van der Waals surface area contributed by atoms with Crippen LogP contribution in [0.4, 0.5) is 0 Å². The second kappa shape index (κ2) is 6.02. The van der Waals surface area contributed by atoms with Crippen LogP contribution in [0, 0.1) is 0 Å². The summed E-state index contributed by atoms with van der Waals surface area (Å²) in [5, 5.41) is 0.598. The number of para-hydroxylation sites is 1. The quantitative estimate of drug-likeness (QED) is 0.562. The molecule has 3 rings (SSSR count). The third-order valence-corrected chi connectivity index (χ3v) is 3.91. The maximum Gasteiger partial charge on any atom is 0.293 e. The Kier molecular flexibility index (Phi) is 3.93. The first-order valence-electron chi connectivity index (χ1n) is 6.65. The molecule has 1 N–H and O–H groups in total. The summed E-state index contributed by atoms with van der Waals surface area (Å²) >= 11 is 6.54. The summed E-state index contributed by atoms with van der Waals surface area (Å²) in [6.07, 6.45) is -0.529. The van der Waals surface area contributed by atoms with Crippen molar-refractivity contribution in [2.45, 2.75) is 11.5 Å². The van der Waals surface area contributed by atoms with E-state index in [0.717, 1.165) is 22.2 Å². The summed E-state index contributed by atoms with van der Waals surface area (Å²) in [5.74, 6) is 0. The Morgan fingerprint density at radius 2 is 1.76 bits per heavy atom. The van der Waals surface area contributed by atoms with Crippen LogP contribution in [0.25, 0.3) is 10.9 Å². The minimum absolute atomic E-state index is 0.440. The van der Waals surface area contributed by atoms with Crippen LogP contribution in [0.3, 0.4) is 0 Å². The van der Waals surface area contributed by atoms with Crippen LogP contribution < -0.4 is 0 Å². The molecule has 0 saturated carbocycles. The fraction of sp³-hybridized carbons (Fsp3) is 0.118. The lowest BCUT2D eigenvalue weighted by atomic mass is 10.0. The fourth-order valence-corrected chi connectivity index (χ4v) is 2.75. The van der Waals surface area contributed by atoms with Gasteiger partial charge in [-0.05, 0) is 23.1 Å². The smallest absolute Gasteiger partial charge is 0.293 e. The molecule has 0 aliphatic carbocycles. The zero-order valence-electron chi connectivity index (χ0n) is 11.2. The van der Waals surface area contributed by atoms with E-state index < -0.39 is 11.5 Å². The van der Waals surface area contributed by atoms with Crippen molar-refractivity contribution in [3.63, 3.8) is 0 Å². The highest BCUT2D eigenvalue weighted by Crippen LogP contribution is 2.37. The summed E-state index contributed by atoms with van der Waals surface area (Å²) in [7, 11) is 0. The molecule has 2 unspecified atom stereocenters. The molecule has 3 aromatic rings. The molecule has 106 valence electrons. The normalized spacial score (nSPS) is 13.8. The first-order valence-corrected chi connectivity index (χ1v) is 7.09. The number of hydrogen-bond acceptors (Lipinski definition) is 2. The topological polar surface area (TPSA) is 42.1 Å². The predicted octanol–water partition coefficient (Wildman–Crippen LogP) is 4.36. The van der Waals surface area contributed by atoms with Gasteiger partial charge in [0, 0.05) is 11.2 Å². The van der Waals surface area contributed by atoms with Gasteiger partial charge < -0.3 is 9.72 Å². The number of halogens is 1. The van der Waals surface area contributed by atoms with Gasteiger partial charge >= 0.3 is 0 Å². The Bertz CT molecular complexity index is 706. The number of fused-ring (bicyclic) bond motifs is 1. The van der Waals surface area contributed by atoms with Crippen molar-refractivity contribution in [1.82, 2.24) is 4.98 Å². The first kappa shape index (κ1) is 13.7. The molecule has 0 aliphatic rings. The first-order chi connectivity index (χ1) is 10.3. The summed E-state index contributed by atoms with van der Waals surface area (Å²) < 4.78 is 5.21. The standard InChI is InChI=1S/C17H14ClNO2/c18-16(15-10-13-8-4-5-9-14(13)19-15)17(21-11-20)12-6-2-1-3-7-12/h1-11,16-17,19H. The number of nitrogens with one attached hydrogen (secondary N) is 1. The van der Waals surface area contributed by atoms with Gasteiger partial charge in [-0.15, -0.1) is 11.6 Å². The number of hydrogen-bond donors (Lipinski definition) is 1. The number of alkyl halides is 1. The molecule has 0 spiro atoms. The summed E-state index contributed by atoms with van der Waals surface area (Å²) in [4.78, 5) is 14.1. The minimum atomic E-state index is -0.529. The van der Waals surface area contributed by atoms with Crippen molar-refractivity contribution in [1.29, 1.82) is 0 Å². The van der Waals surface area contributed by atoms with Crippen molar-refractivity contribution in [3.05, 3.63) is 71.9 Å². The maximum atomic E-state index is 10.8. The van der Waals surface area contributed by atoms with E-state index in [0.29, 0.717) is 6.47 Å². The predicted molar refractivity (Wildman–Crippen MR) is 83.2 cm³/mol. The maximum absolute atomic E-state index is 10.8. The third-order valence-electron chi connectivity index (χ3n) is 3.44. The van der Waals surface area contributed by atoms with E-state index in [1.807, 2.05) is 60.7 Å². The number of carbonyl (C=O) groups excluding carboxylic acids is 1. The van der Waals surface area contributed by atoms with E-state index in [1.165, 1.54) is 0 Å². The molecular formula is C17H14ClNO2. The molecule has 0 saturated heterocycles. The molecule has 4 heteroatoms. The molecule has 0 amide bonds. The van der Waals surface area contributed by atoms with Crippen LogP contribution in [-0.2, 0) is 9.53 Å². The van der Waals surface area contributed by atoms with Crippen LogP contribution in [0.5, 0.6) is 0 Å². The van der Waals surface area contributed by atoms with Crippen LogP contribution in [0.1, 0.15) is 22.7 Å². The van der Waals surface area contributed by atoms with Crippen LogP contribution >= 0.6 is 11.6 Å². The third kappa shape index (κ3) is 2.78. The number of ether oxygens (including phenoxy) is 1. The highest BCUT2D eigenvalue weighted by atomic mass is 35.5. The average molecular weight is 300 g/mol. The van der Waals surface area contributed by atoms with Crippen molar-refractivity contribution >= 4 is 29.0 Å². The lowest BCUT2D eigenvalue weighted by Crippen LogP contribution is -2.10. The SMILES string of the molecule is O=COC(c1ccccc1)C(Cl)c1cc2ccccc2[nH]1. The zero-order chi connectivity index (χ0) is 14.7. The van der Waals surface area contributed by atoms with Crippen LogP contribution in [0.15, 0.2) is 60.7 Å². The van der Waals surface area contributed by atoms with Gasteiger partial charge in [0.1, 0.15) is 11.5 Å². The molecule has 0 aliphatic heterocycles. The van der Waals surface area contributed by atoms with E-state index in [-0.39, 0.29) is 0 Å². The Labute approximate surface area is 127 Å². The number of benzene rings is 2. The Hall–Kier alpha value is -2.26. The molecule has 1 aromatic heterocycles. The Balaban J connectivity index is 1.97. The van der Waals surface area contributed by atoms with Gasteiger partial charge in [0.15, 0.2) is 0 Å². The molecule has 2 aromatic carbocycles. The Morgan fingerprint density at radius 1 is 1.05 bits per heavy atom. The van der Waals surface area contributed by atoms with E-state index >= 15 is 0 Å². The van der Waals surface area contributed by atoms with E-state index in [4.69, 9.17) is 16.3 Å². The van der Waals surface area contributed by atoms with E-state index in [9.17, 15) is 4.79 Å². The minimum Gasteiger partial charge on any atom is -0.458 e. The molecule has 2 atom stereocenters. The van der Waals surface area contributed by atoms with Gasteiger partial charge in [0.05, 0.1) is 0 Å². The number of aromatic amines is 1. The largest absolute Gasteiger partial charge is 0.458 e. The average Bonchev–Trinajstić information content (AvgIpc) is 2.97. The number of H-pyrrole nitrogens is 1. The summed E-state index contributed by atoms with van der Waals surface area (Å²) in [5.41, 5.74) is 2.70. The van der Waals surface area contributed by atoms with Crippen LogP contribution in [0.2, 0.25) is 0 Å². The summed E-state index contributed by atoms with van der Waals surface area (Å²) in [6.45, 7) is 0.440. The van der Waals surface area contributed by atoms with Crippen molar-refractivity contribution in [3.8, 4) is 0 Å². The molecule has 1 heterocycles. The monoisotopic (exact) mass is 299 g/mol. The molecule has 21 heavy (non-hydrogen) atoms. The van der Waals surface area contributed by atoms with E-state index in [2.05, 4.69) is 4.98 Å². The molecule has 3 nitrogen and oxygen atoms in total. The van der Waals surface area contributed by atoms with Crippen molar-refractivity contribution in [2.75, 3.05) is 0 Å². The zero-order valence-corrected chi connectivity index (χ0v) is 12.0. The fourth-order valence-electron chi connectivity index (χ4n) is 2.43. The van der Waals surface area contributed by atoms with Crippen molar-refractivity contribution < 1.29 is 9.53 Å². The number of carbonyl (C=O) groups is 1. The molecule has 0 bridgehead atoms. The lowest BCUT2D eigenvalue weighted by molar-refractivity contribution is -0.134. The highest BCUT2D eigenvalue weighted by Gasteiger charge is 2.25. The second-order valence-corrected chi connectivity index (χ2v) is 5.25. The highest BCUT2D eigenvalue weighted by molar-refractivity contribution is 6.21. The van der Waals surface area contributed by atoms with Crippen LogP contribution in [-0.4, -0.2) is 11.5 Å². The molecule has 0 radical (unpaired) electrons. The van der Waals surface area contributed by atoms with Gasteiger partial charge in [-0.3, -0.25) is 4.79 Å². The van der Waals surface area contributed by atoms with E-state index in [1.54, 1.807) is 0 Å². The summed E-state index contributed by atoms with van der Waals surface area (Å²) in [6, 6.07) is 19.4.